The zero-order valence-electron chi connectivity index (χ0n) is 19.1. The number of nitrogens with one attached hydrogen (secondary N) is 2. The van der Waals surface area contributed by atoms with Gasteiger partial charge in [-0.1, -0.05) is 34.8 Å². The lowest BCUT2D eigenvalue weighted by atomic mass is 10.2. The fourth-order valence-corrected chi connectivity index (χ4v) is 4.51. The SMILES string of the molecule is COc1cc(N2CCNCC2)ccc1Nc1nc(Oc2ccc(Cl)c(Cl)c2Cl)cc2cnnc(O)c12. The molecule has 3 N–H and O–H groups in total. The molecule has 1 saturated heterocycles. The Hall–Kier alpha value is -3.24. The minimum absolute atomic E-state index is 0.154. The average Bonchev–Trinajstić information content (AvgIpc) is 2.89. The molecule has 2 aromatic heterocycles. The number of piperazine rings is 1. The maximum atomic E-state index is 10.5. The first kappa shape index (κ1) is 24.5. The number of ether oxygens (including phenoxy) is 2. The number of hydrogen-bond acceptors (Lipinski definition) is 9. The van der Waals surface area contributed by atoms with Crippen molar-refractivity contribution in [1.82, 2.24) is 20.5 Å². The Morgan fingerprint density at radius 3 is 2.61 bits per heavy atom. The van der Waals surface area contributed by atoms with Gasteiger partial charge < -0.3 is 30.1 Å². The van der Waals surface area contributed by atoms with Crippen molar-refractivity contribution in [2.75, 3.05) is 43.5 Å². The van der Waals surface area contributed by atoms with E-state index in [1.54, 1.807) is 25.3 Å². The predicted octanol–water partition coefficient (Wildman–Crippen LogP) is 5.64. The van der Waals surface area contributed by atoms with Gasteiger partial charge in [-0.3, -0.25) is 0 Å². The topological polar surface area (TPSA) is 105 Å². The van der Waals surface area contributed by atoms with Gasteiger partial charge in [0.05, 0.1) is 34.4 Å². The Labute approximate surface area is 221 Å². The van der Waals surface area contributed by atoms with Gasteiger partial charge >= 0.3 is 0 Å². The van der Waals surface area contributed by atoms with Crippen molar-refractivity contribution in [3.63, 3.8) is 0 Å². The van der Waals surface area contributed by atoms with Crippen LogP contribution in [-0.4, -0.2) is 53.6 Å². The summed E-state index contributed by atoms with van der Waals surface area (Å²) in [4.78, 5) is 6.85. The van der Waals surface area contributed by atoms with Crippen LogP contribution in [0.4, 0.5) is 17.2 Å². The van der Waals surface area contributed by atoms with E-state index in [1.807, 2.05) is 18.2 Å². The molecule has 0 unspecified atom stereocenters. The molecule has 186 valence electrons. The van der Waals surface area contributed by atoms with Gasteiger partial charge in [0.2, 0.25) is 11.8 Å². The first-order valence-electron chi connectivity index (χ1n) is 11.0. The molecule has 9 nitrogen and oxygen atoms in total. The highest BCUT2D eigenvalue weighted by Gasteiger charge is 2.18. The fourth-order valence-electron chi connectivity index (χ4n) is 3.95. The molecule has 0 radical (unpaired) electrons. The monoisotopic (exact) mass is 546 g/mol. The summed E-state index contributed by atoms with van der Waals surface area (Å²) in [5.74, 6) is 1.08. The third-order valence-electron chi connectivity index (χ3n) is 5.73. The maximum absolute atomic E-state index is 10.5. The van der Waals surface area contributed by atoms with E-state index in [1.165, 1.54) is 6.20 Å². The van der Waals surface area contributed by atoms with Crippen LogP contribution in [-0.2, 0) is 0 Å². The van der Waals surface area contributed by atoms with E-state index in [9.17, 15) is 5.11 Å². The zero-order valence-corrected chi connectivity index (χ0v) is 21.3. The smallest absolute Gasteiger partial charge is 0.242 e. The number of aromatic hydroxyl groups is 1. The highest BCUT2D eigenvalue weighted by Crippen LogP contribution is 2.41. The number of rotatable bonds is 6. The van der Waals surface area contributed by atoms with Crippen LogP contribution in [0, 0.1) is 0 Å². The van der Waals surface area contributed by atoms with Gasteiger partial charge in [-0.05, 0) is 24.3 Å². The molecule has 5 rings (SSSR count). The summed E-state index contributed by atoms with van der Waals surface area (Å²) < 4.78 is 11.6. The first-order valence-corrected chi connectivity index (χ1v) is 12.2. The summed E-state index contributed by atoms with van der Waals surface area (Å²) in [6.45, 7) is 3.67. The Morgan fingerprint density at radius 2 is 1.83 bits per heavy atom. The number of halogens is 3. The second-order valence-corrected chi connectivity index (χ2v) is 9.13. The van der Waals surface area contributed by atoms with Crippen LogP contribution in [0.25, 0.3) is 10.8 Å². The van der Waals surface area contributed by atoms with Gasteiger partial charge in [-0.25, -0.2) is 0 Å². The molecule has 0 amide bonds. The Kier molecular flexibility index (Phi) is 7.06. The van der Waals surface area contributed by atoms with Crippen LogP contribution in [0.1, 0.15) is 0 Å². The third kappa shape index (κ3) is 4.87. The van der Waals surface area contributed by atoms with Gasteiger partial charge in [0.25, 0.3) is 0 Å². The summed E-state index contributed by atoms with van der Waals surface area (Å²) in [7, 11) is 1.60. The van der Waals surface area contributed by atoms with Crippen LogP contribution in [0.5, 0.6) is 23.3 Å². The zero-order chi connectivity index (χ0) is 25.2. The molecule has 1 aliphatic rings. The number of benzene rings is 2. The van der Waals surface area contributed by atoms with Crippen molar-refractivity contribution in [1.29, 1.82) is 0 Å². The van der Waals surface area contributed by atoms with E-state index in [4.69, 9.17) is 44.3 Å². The predicted molar refractivity (Wildman–Crippen MR) is 142 cm³/mol. The van der Waals surface area contributed by atoms with Crippen LogP contribution in [0.15, 0.2) is 42.6 Å². The molecule has 3 heterocycles. The van der Waals surface area contributed by atoms with Crippen LogP contribution in [0.3, 0.4) is 0 Å². The Morgan fingerprint density at radius 1 is 1.03 bits per heavy atom. The number of hydrogen-bond donors (Lipinski definition) is 3. The van der Waals surface area contributed by atoms with E-state index in [2.05, 4.69) is 30.7 Å². The number of aromatic nitrogens is 3. The summed E-state index contributed by atoms with van der Waals surface area (Å²) in [6, 6.07) is 10.7. The standard InChI is InChI=1S/C24H21Cl3N6O3/c1-35-18-11-14(33-8-6-28-7-9-33)2-4-16(18)30-23-20-13(12-29-32-24(20)34)10-19(31-23)36-17-5-3-15(25)21(26)22(17)27/h2-5,10-12,28H,6-9H2,1H3,(H,30,31)(H,32,34). The first-order chi connectivity index (χ1) is 17.4. The molecule has 0 bridgehead atoms. The van der Waals surface area contributed by atoms with Crippen molar-refractivity contribution in [3.05, 3.63) is 57.7 Å². The summed E-state index contributed by atoms with van der Waals surface area (Å²) >= 11 is 18.5. The molecule has 0 atom stereocenters. The molecule has 0 spiro atoms. The summed E-state index contributed by atoms with van der Waals surface area (Å²) in [5, 5.41) is 26.2. The van der Waals surface area contributed by atoms with E-state index < -0.39 is 0 Å². The van der Waals surface area contributed by atoms with Crippen molar-refractivity contribution in [3.8, 4) is 23.3 Å². The van der Waals surface area contributed by atoms with Crippen molar-refractivity contribution in [2.45, 2.75) is 0 Å². The van der Waals surface area contributed by atoms with Crippen molar-refractivity contribution < 1.29 is 14.6 Å². The van der Waals surface area contributed by atoms with E-state index in [-0.39, 0.29) is 27.6 Å². The largest absolute Gasteiger partial charge is 0.494 e. The lowest BCUT2D eigenvalue weighted by molar-refractivity contribution is 0.416. The van der Waals surface area contributed by atoms with Crippen LogP contribution < -0.4 is 25.0 Å². The number of anilines is 3. The van der Waals surface area contributed by atoms with Gasteiger partial charge in [-0.2, -0.15) is 10.1 Å². The van der Waals surface area contributed by atoms with E-state index >= 15 is 0 Å². The van der Waals surface area contributed by atoms with E-state index in [0.29, 0.717) is 33.0 Å². The minimum atomic E-state index is -0.280. The molecule has 36 heavy (non-hydrogen) atoms. The third-order valence-corrected chi connectivity index (χ3v) is 7.01. The van der Waals surface area contributed by atoms with Gasteiger partial charge in [0.15, 0.2) is 0 Å². The second-order valence-electron chi connectivity index (χ2n) is 7.96. The highest BCUT2D eigenvalue weighted by atomic mass is 35.5. The number of pyridine rings is 1. The lowest BCUT2D eigenvalue weighted by Crippen LogP contribution is -2.43. The van der Waals surface area contributed by atoms with Crippen molar-refractivity contribution in [2.24, 2.45) is 0 Å². The molecular weight excluding hydrogens is 527 g/mol. The Balaban J connectivity index is 1.53. The van der Waals surface area contributed by atoms with E-state index in [0.717, 1.165) is 31.9 Å². The lowest BCUT2D eigenvalue weighted by Gasteiger charge is -2.30. The average molecular weight is 548 g/mol. The van der Waals surface area contributed by atoms with Gasteiger partial charge in [-0.15, -0.1) is 5.10 Å². The molecule has 1 aliphatic heterocycles. The van der Waals surface area contributed by atoms with Crippen LogP contribution >= 0.6 is 34.8 Å². The number of nitrogens with zero attached hydrogens (tertiary/aromatic N) is 4. The van der Waals surface area contributed by atoms with Crippen LogP contribution in [0.2, 0.25) is 15.1 Å². The molecule has 0 aliphatic carbocycles. The maximum Gasteiger partial charge on any atom is 0.242 e. The van der Waals surface area contributed by atoms with Gasteiger partial charge in [0.1, 0.15) is 22.3 Å². The van der Waals surface area contributed by atoms with Crippen molar-refractivity contribution >= 4 is 62.8 Å². The quantitative estimate of drug-likeness (QED) is 0.264. The summed E-state index contributed by atoms with van der Waals surface area (Å²) in [6.07, 6.45) is 1.50. The molecule has 1 fully saturated rings. The minimum Gasteiger partial charge on any atom is -0.494 e. The molecule has 2 aromatic carbocycles. The second kappa shape index (κ2) is 10.4. The molecule has 0 saturated carbocycles. The fraction of sp³-hybridized carbons (Fsp3) is 0.208. The van der Waals surface area contributed by atoms with Gasteiger partial charge in [0, 0.05) is 49.4 Å². The molecule has 4 aromatic rings. The molecular formula is C24H21Cl3N6O3. The summed E-state index contributed by atoms with van der Waals surface area (Å²) in [5.41, 5.74) is 1.70. The Bertz CT molecular complexity index is 1430. The highest BCUT2D eigenvalue weighted by molar-refractivity contribution is 6.48. The normalized spacial score (nSPS) is 13.6. The number of methoxy groups -OCH3 is 1. The molecule has 12 heteroatoms. The number of fused-ring (bicyclic) bond motifs is 1.